The molecule has 11 heteroatoms. The van der Waals surface area contributed by atoms with Crippen LogP contribution in [0, 0.1) is 11.8 Å². The van der Waals surface area contributed by atoms with Crippen molar-refractivity contribution in [1.29, 1.82) is 0 Å². The van der Waals surface area contributed by atoms with Crippen LogP contribution >= 0.6 is 15.9 Å². The molecule has 2 aromatic rings. The topological polar surface area (TPSA) is 125 Å². The van der Waals surface area contributed by atoms with Crippen molar-refractivity contribution >= 4 is 39.6 Å². The van der Waals surface area contributed by atoms with E-state index in [-0.39, 0.29) is 36.2 Å². The second kappa shape index (κ2) is 15.6. The van der Waals surface area contributed by atoms with Crippen molar-refractivity contribution < 1.29 is 33.8 Å². The van der Waals surface area contributed by atoms with Crippen LogP contribution in [0.2, 0.25) is 0 Å². The number of hydrogen-bond donors (Lipinski definition) is 2. The molecule has 3 heterocycles. The van der Waals surface area contributed by atoms with Gasteiger partial charge in [-0.3, -0.25) is 19.2 Å². The number of nitrogens with one attached hydrogen (secondary N) is 1. The Morgan fingerprint density at radius 1 is 1.12 bits per heavy atom. The summed E-state index contributed by atoms with van der Waals surface area (Å²) in [6, 6.07) is 16.7. The molecular formula is C39H48BrN3O7. The Labute approximate surface area is 303 Å². The third-order valence-electron chi connectivity index (χ3n) is 10.0. The zero-order valence-electron chi connectivity index (χ0n) is 29.0. The molecule has 0 aromatic heterocycles. The van der Waals surface area contributed by atoms with Crippen LogP contribution in [0.4, 0.5) is 0 Å². The van der Waals surface area contributed by atoms with Crippen LogP contribution < -0.4 is 5.32 Å². The number of esters is 1. The van der Waals surface area contributed by atoms with E-state index in [1.54, 1.807) is 17.1 Å². The van der Waals surface area contributed by atoms with E-state index in [2.05, 4.69) is 34.4 Å². The van der Waals surface area contributed by atoms with Gasteiger partial charge in [-0.05, 0) is 51.2 Å². The van der Waals surface area contributed by atoms with Gasteiger partial charge in [0.15, 0.2) is 0 Å². The standard InChI is InChI=1S/C39H48BrN3O7/c1-6-8-19-30(45)41-23-29(26-17-13-10-14-18-26)49-37(48)31-32-35(46)43(27(24-44)21-25-15-11-9-12-16-25)34(39(32)22-28(40)33(31)50-39)36(47)42(20-7-2)38(3,4)5/h6-7,9-18,27-29,31-34,44H,1-2,8,19-24H2,3-5H3,(H,41,45)/t27-,28?,29+,31+,32-,33+,34+,39-/m1/s1. The minimum atomic E-state index is -1.35. The quantitative estimate of drug-likeness (QED) is 0.156. The number of amides is 3. The number of rotatable bonds is 15. The predicted octanol–water partition coefficient (Wildman–Crippen LogP) is 4.52. The highest BCUT2D eigenvalue weighted by Gasteiger charge is 2.77. The highest BCUT2D eigenvalue weighted by atomic mass is 79.9. The van der Waals surface area contributed by atoms with Gasteiger partial charge in [0.05, 0.1) is 37.1 Å². The normalized spacial score (nSPS) is 26.5. The number of allylic oxidation sites excluding steroid dienone is 1. The van der Waals surface area contributed by atoms with Crippen molar-refractivity contribution in [1.82, 2.24) is 15.1 Å². The highest BCUT2D eigenvalue weighted by molar-refractivity contribution is 9.09. The maximum Gasteiger partial charge on any atom is 0.313 e. The Hall–Kier alpha value is -3.80. The number of carbonyl (C=O) groups excluding carboxylic acids is 4. The number of ether oxygens (including phenoxy) is 2. The summed E-state index contributed by atoms with van der Waals surface area (Å²) in [4.78, 5) is 59.4. The van der Waals surface area contributed by atoms with Gasteiger partial charge in [-0.2, -0.15) is 0 Å². The zero-order valence-corrected chi connectivity index (χ0v) is 30.6. The molecule has 3 fully saturated rings. The molecule has 3 saturated heterocycles. The molecule has 0 aliphatic carbocycles. The molecule has 10 nitrogen and oxygen atoms in total. The summed E-state index contributed by atoms with van der Waals surface area (Å²) < 4.78 is 12.9. The SMILES string of the molecule is C=CCCC(=O)NC[C@H](OC(=O)[C@@H]1[C@H]2O[C@@]3(CC2Br)[C@H](C(=O)N(CC=C)C(C)(C)C)N([C@@H](CO)Cc2ccccc2)C(=O)[C@@H]13)c1ccccc1. The first kappa shape index (κ1) is 37.5. The largest absolute Gasteiger partial charge is 0.455 e. The Balaban J connectivity index is 1.53. The smallest absolute Gasteiger partial charge is 0.313 e. The maximum absolute atomic E-state index is 14.9. The van der Waals surface area contributed by atoms with E-state index >= 15 is 0 Å². The first-order valence-electron chi connectivity index (χ1n) is 17.2. The summed E-state index contributed by atoms with van der Waals surface area (Å²) in [6.07, 6.45) is 3.10. The lowest BCUT2D eigenvalue weighted by Gasteiger charge is -2.43. The van der Waals surface area contributed by atoms with E-state index in [4.69, 9.17) is 9.47 Å². The first-order chi connectivity index (χ1) is 23.9. The predicted molar refractivity (Wildman–Crippen MR) is 193 cm³/mol. The summed E-state index contributed by atoms with van der Waals surface area (Å²) in [5.41, 5.74) is -0.420. The molecule has 8 atom stereocenters. The van der Waals surface area contributed by atoms with Crippen LogP contribution in [0.3, 0.4) is 0 Å². The molecule has 3 aliphatic rings. The van der Waals surface area contributed by atoms with Crippen LogP contribution in [-0.2, 0) is 35.1 Å². The number of nitrogens with zero attached hydrogens (tertiary/aromatic N) is 2. The van der Waals surface area contributed by atoms with Crippen LogP contribution in [0.25, 0.3) is 0 Å². The fourth-order valence-corrected chi connectivity index (χ4v) is 8.70. The molecule has 50 heavy (non-hydrogen) atoms. The van der Waals surface area contributed by atoms with Gasteiger partial charge in [0.1, 0.15) is 17.7 Å². The third kappa shape index (κ3) is 7.31. The number of halogens is 1. The molecule has 3 amide bonds. The molecule has 5 rings (SSSR count). The molecule has 1 unspecified atom stereocenters. The average molecular weight is 751 g/mol. The lowest BCUT2D eigenvalue weighted by molar-refractivity contribution is -0.161. The fraction of sp³-hybridized carbons (Fsp3) is 0.487. The van der Waals surface area contributed by atoms with Crippen molar-refractivity contribution in [2.45, 2.75) is 86.7 Å². The minimum Gasteiger partial charge on any atom is -0.455 e. The summed E-state index contributed by atoms with van der Waals surface area (Å²) in [6.45, 7) is 13.1. The summed E-state index contributed by atoms with van der Waals surface area (Å²) >= 11 is 3.73. The Bertz CT molecular complexity index is 1560. The van der Waals surface area contributed by atoms with Gasteiger partial charge in [0.2, 0.25) is 17.7 Å². The average Bonchev–Trinajstić information content (AvgIpc) is 3.70. The monoisotopic (exact) mass is 749 g/mol. The fourth-order valence-electron chi connectivity index (χ4n) is 7.76. The molecule has 1 spiro atoms. The molecule has 3 aliphatic heterocycles. The number of aliphatic hydroxyl groups is 1. The molecule has 0 radical (unpaired) electrons. The molecule has 2 N–H and O–H groups in total. The Kier molecular flexibility index (Phi) is 11.7. The third-order valence-corrected chi connectivity index (χ3v) is 10.9. The van der Waals surface area contributed by atoms with Gasteiger partial charge in [-0.15, -0.1) is 13.2 Å². The van der Waals surface area contributed by atoms with E-state index in [0.29, 0.717) is 24.8 Å². The van der Waals surface area contributed by atoms with E-state index in [9.17, 15) is 24.3 Å². The number of aliphatic hydroxyl groups excluding tert-OH is 1. The van der Waals surface area contributed by atoms with Gasteiger partial charge in [-0.25, -0.2) is 0 Å². The van der Waals surface area contributed by atoms with Gasteiger partial charge in [-0.1, -0.05) is 88.7 Å². The van der Waals surface area contributed by atoms with Gasteiger partial charge >= 0.3 is 5.97 Å². The summed E-state index contributed by atoms with van der Waals surface area (Å²) in [5, 5.41) is 13.7. The van der Waals surface area contributed by atoms with Gasteiger partial charge in [0.25, 0.3) is 0 Å². The molecule has 0 saturated carbocycles. The van der Waals surface area contributed by atoms with E-state index in [1.165, 1.54) is 4.90 Å². The van der Waals surface area contributed by atoms with Crippen molar-refractivity contribution in [3.05, 3.63) is 97.1 Å². The second-order valence-corrected chi connectivity index (χ2v) is 15.5. The Morgan fingerprint density at radius 3 is 2.38 bits per heavy atom. The number of hydrogen-bond acceptors (Lipinski definition) is 7. The maximum atomic E-state index is 14.9. The summed E-state index contributed by atoms with van der Waals surface area (Å²) in [5.74, 6) is -3.69. The molecular weight excluding hydrogens is 702 g/mol. The van der Waals surface area contributed by atoms with Crippen LogP contribution in [0.1, 0.15) is 57.3 Å². The van der Waals surface area contributed by atoms with E-state index < -0.39 is 65.8 Å². The Morgan fingerprint density at radius 2 is 1.78 bits per heavy atom. The summed E-state index contributed by atoms with van der Waals surface area (Å²) in [7, 11) is 0. The molecule has 268 valence electrons. The molecule has 2 bridgehead atoms. The zero-order chi connectivity index (χ0) is 36.2. The number of likely N-dealkylation sites (tertiary alicyclic amines) is 1. The first-order valence-corrected chi connectivity index (χ1v) is 18.1. The van der Waals surface area contributed by atoms with Gasteiger partial charge < -0.3 is 29.7 Å². The van der Waals surface area contributed by atoms with Crippen LogP contribution in [0.15, 0.2) is 86.0 Å². The van der Waals surface area contributed by atoms with E-state index in [0.717, 1.165) is 5.56 Å². The molecule has 2 aromatic carbocycles. The highest BCUT2D eigenvalue weighted by Crippen LogP contribution is 2.61. The lowest BCUT2D eigenvalue weighted by Crippen LogP contribution is -2.62. The number of benzene rings is 2. The van der Waals surface area contributed by atoms with Crippen LogP contribution in [0.5, 0.6) is 0 Å². The minimum absolute atomic E-state index is 0.0322. The second-order valence-electron chi connectivity index (χ2n) is 14.3. The van der Waals surface area contributed by atoms with Crippen molar-refractivity contribution in [3.63, 3.8) is 0 Å². The number of carbonyl (C=O) groups is 4. The number of fused-ring (bicyclic) bond motifs is 1. The van der Waals surface area contributed by atoms with Crippen molar-refractivity contribution in [2.24, 2.45) is 11.8 Å². The number of alkyl halides is 1. The van der Waals surface area contributed by atoms with Crippen molar-refractivity contribution in [3.8, 4) is 0 Å². The van der Waals surface area contributed by atoms with Crippen LogP contribution in [-0.4, -0.2) is 92.4 Å². The van der Waals surface area contributed by atoms with E-state index in [1.807, 2.05) is 81.4 Å². The van der Waals surface area contributed by atoms with Crippen molar-refractivity contribution in [2.75, 3.05) is 19.7 Å². The van der Waals surface area contributed by atoms with Gasteiger partial charge in [0, 0.05) is 23.3 Å². The lowest BCUT2D eigenvalue weighted by atomic mass is 9.70.